The van der Waals surface area contributed by atoms with Gasteiger partial charge in [0.15, 0.2) is 6.17 Å². The lowest BCUT2D eigenvalue weighted by atomic mass is 9.59. The van der Waals surface area contributed by atoms with Gasteiger partial charge in [0, 0.05) is 18.3 Å². The van der Waals surface area contributed by atoms with Gasteiger partial charge in [-0.25, -0.2) is 4.39 Å². The van der Waals surface area contributed by atoms with E-state index in [-0.39, 0.29) is 11.8 Å². The van der Waals surface area contributed by atoms with Crippen molar-refractivity contribution in [1.29, 1.82) is 0 Å². The molecule has 9 heteroatoms. The molecule has 3 aliphatic rings. The van der Waals surface area contributed by atoms with E-state index in [9.17, 15) is 26.4 Å². The van der Waals surface area contributed by atoms with Crippen LogP contribution in [0.4, 0.5) is 13.2 Å². The number of benzene rings is 2. The molecule has 5 nitrogen and oxygen atoms in total. The SMILES string of the molecule is O=C(OCCC(F)C(F)(F)S(=O)(=O)O)C1CC2c3ccccc3C1c1ccccc12. The van der Waals surface area contributed by atoms with Crippen LogP contribution < -0.4 is 0 Å². The third-order valence-electron chi connectivity index (χ3n) is 5.93. The Labute approximate surface area is 171 Å². The van der Waals surface area contributed by atoms with Crippen molar-refractivity contribution in [1.82, 2.24) is 0 Å². The average Bonchev–Trinajstić information content (AvgIpc) is 2.72. The normalized spacial score (nSPS) is 23.4. The number of hydrogen-bond acceptors (Lipinski definition) is 4. The summed E-state index contributed by atoms with van der Waals surface area (Å²) in [6.45, 7) is -0.720. The van der Waals surface area contributed by atoms with Gasteiger partial charge in [-0.3, -0.25) is 9.35 Å². The highest BCUT2D eigenvalue weighted by molar-refractivity contribution is 7.86. The van der Waals surface area contributed by atoms with Crippen LogP contribution >= 0.6 is 0 Å². The van der Waals surface area contributed by atoms with E-state index >= 15 is 0 Å². The number of halogens is 3. The van der Waals surface area contributed by atoms with E-state index in [1.54, 1.807) is 0 Å². The zero-order valence-electron chi connectivity index (χ0n) is 15.7. The smallest absolute Gasteiger partial charge is 0.400 e. The zero-order valence-corrected chi connectivity index (χ0v) is 16.5. The monoisotopic (exact) mass is 440 g/mol. The fourth-order valence-corrected chi connectivity index (χ4v) is 5.01. The van der Waals surface area contributed by atoms with Gasteiger partial charge in [0.1, 0.15) is 0 Å². The second kappa shape index (κ2) is 7.39. The van der Waals surface area contributed by atoms with Crippen LogP contribution in [0.5, 0.6) is 0 Å². The minimum absolute atomic E-state index is 0.00209. The van der Waals surface area contributed by atoms with Crippen LogP contribution in [0.2, 0.25) is 0 Å². The molecule has 2 bridgehead atoms. The van der Waals surface area contributed by atoms with Crippen molar-refractivity contribution >= 4 is 16.1 Å². The third-order valence-corrected chi connectivity index (χ3v) is 6.88. The van der Waals surface area contributed by atoms with Crippen molar-refractivity contribution in [2.75, 3.05) is 6.61 Å². The van der Waals surface area contributed by atoms with Crippen LogP contribution in [-0.2, 0) is 19.6 Å². The summed E-state index contributed by atoms with van der Waals surface area (Å²) < 4.78 is 75.0. The van der Waals surface area contributed by atoms with Crippen molar-refractivity contribution in [2.45, 2.75) is 36.1 Å². The molecule has 0 saturated carbocycles. The molecule has 2 aromatic rings. The van der Waals surface area contributed by atoms with Crippen molar-refractivity contribution in [3.05, 3.63) is 70.8 Å². The summed E-state index contributed by atoms with van der Waals surface area (Å²) in [5.41, 5.74) is 4.30. The summed E-state index contributed by atoms with van der Waals surface area (Å²) >= 11 is 0. The quantitative estimate of drug-likeness (QED) is 0.542. The van der Waals surface area contributed by atoms with Crippen molar-refractivity contribution < 1.29 is 35.7 Å². The summed E-state index contributed by atoms with van der Waals surface area (Å²) in [6, 6.07) is 15.6. The largest absolute Gasteiger partial charge is 0.465 e. The van der Waals surface area contributed by atoms with Gasteiger partial charge in [-0.2, -0.15) is 17.2 Å². The number of carbonyl (C=O) groups excluding carboxylic acids is 1. The topological polar surface area (TPSA) is 80.7 Å². The summed E-state index contributed by atoms with van der Waals surface area (Å²) in [6.07, 6.45) is -3.76. The molecule has 0 saturated heterocycles. The molecule has 0 fully saturated rings. The van der Waals surface area contributed by atoms with Crippen molar-refractivity contribution in [3.63, 3.8) is 0 Å². The van der Waals surface area contributed by atoms with E-state index < -0.39 is 46.5 Å². The summed E-state index contributed by atoms with van der Waals surface area (Å²) in [7, 11) is -5.90. The van der Waals surface area contributed by atoms with Crippen LogP contribution in [0.25, 0.3) is 0 Å². The molecule has 0 radical (unpaired) electrons. The predicted octanol–water partition coefficient (Wildman–Crippen LogP) is 4.04. The Morgan fingerprint density at radius 1 is 1.07 bits per heavy atom. The highest BCUT2D eigenvalue weighted by atomic mass is 32.2. The molecule has 2 atom stereocenters. The lowest BCUT2D eigenvalue weighted by Crippen LogP contribution is -2.40. The molecule has 0 amide bonds. The third kappa shape index (κ3) is 3.30. The lowest BCUT2D eigenvalue weighted by Gasteiger charge is -2.44. The summed E-state index contributed by atoms with van der Waals surface area (Å²) in [4.78, 5) is 12.7. The molecule has 0 spiro atoms. The maximum atomic E-state index is 13.6. The predicted molar refractivity (Wildman–Crippen MR) is 102 cm³/mol. The highest BCUT2D eigenvalue weighted by Crippen LogP contribution is 2.55. The molecule has 2 aromatic carbocycles. The number of rotatable bonds is 6. The first-order chi connectivity index (χ1) is 14.1. The summed E-state index contributed by atoms with van der Waals surface area (Å²) in [5, 5.41) is -4.96. The molecular formula is C21H19F3O5S. The fourth-order valence-electron chi connectivity index (χ4n) is 4.57. The van der Waals surface area contributed by atoms with Gasteiger partial charge in [0.25, 0.3) is 0 Å². The minimum atomic E-state index is -5.90. The van der Waals surface area contributed by atoms with Gasteiger partial charge in [-0.1, -0.05) is 48.5 Å². The van der Waals surface area contributed by atoms with Gasteiger partial charge < -0.3 is 4.74 Å². The van der Waals surface area contributed by atoms with Crippen molar-refractivity contribution in [3.8, 4) is 0 Å². The van der Waals surface area contributed by atoms with Crippen LogP contribution in [0.15, 0.2) is 48.5 Å². The van der Waals surface area contributed by atoms with E-state index in [4.69, 9.17) is 9.29 Å². The maximum absolute atomic E-state index is 13.6. The van der Waals surface area contributed by atoms with Crippen molar-refractivity contribution in [2.24, 2.45) is 5.92 Å². The Hall–Kier alpha value is -2.39. The van der Waals surface area contributed by atoms with Gasteiger partial charge >= 0.3 is 21.3 Å². The molecule has 0 aliphatic heterocycles. The maximum Gasteiger partial charge on any atom is 0.400 e. The molecule has 160 valence electrons. The molecule has 30 heavy (non-hydrogen) atoms. The van der Waals surface area contributed by atoms with Gasteiger partial charge in [-0.05, 0) is 28.7 Å². The lowest BCUT2D eigenvalue weighted by molar-refractivity contribution is -0.151. The Morgan fingerprint density at radius 2 is 1.57 bits per heavy atom. The van der Waals surface area contributed by atoms with E-state index in [2.05, 4.69) is 0 Å². The molecule has 3 aliphatic carbocycles. The standard InChI is InChI=1S/C21H19F3O5S/c22-18(21(23,24)30(26,27)28)9-10-29-20(25)17-11-16-12-5-1-3-7-14(12)19(17)15-8-4-2-6-13(15)16/h1-8,16-19H,9-11H2,(H,26,27,28). The van der Waals surface area contributed by atoms with E-state index in [0.717, 1.165) is 22.3 Å². The first-order valence-corrected chi connectivity index (χ1v) is 10.9. The first-order valence-electron chi connectivity index (χ1n) is 9.46. The second-order valence-corrected chi connectivity index (χ2v) is 9.09. The highest BCUT2D eigenvalue weighted by Gasteiger charge is 2.52. The Morgan fingerprint density at radius 3 is 2.07 bits per heavy atom. The molecule has 0 heterocycles. The molecule has 2 unspecified atom stereocenters. The number of esters is 1. The molecule has 1 N–H and O–H groups in total. The van der Waals surface area contributed by atoms with E-state index in [1.165, 1.54) is 0 Å². The number of fused-ring (bicyclic) bond motifs is 1. The van der Waals surface area contributed by atoms with Crippen LogP contribution in [0, 0.1) is 5.92 Å². The number of carbonyl (C=O) groups is 1. The molecule has 5 rings (SSSR count). The fraction of sp³-hybridized carbons (Fsp3) is 0.381. The Kier molecular flexibility index (Phi) is 5.14. The second-order valence-electron chi connectivity index (χ2n) is 7.59. The average molecular weight is 440 g/mol. The van der Waals surface area contributed by atoms with E-state index in [1.807, 2.05) is 48.5 Å². The first kappa shape index (κ1) is 20.9. The van der Waals surface area contributed by atoms with Crippen LogP contribution in [0.3, 0.4) is 0 Å². The summed E-state index contributed by atoms with van der Waals surface area (Å²) in [5.74, 6) is -1.45. The van der Waals surface area contributed by atoms with Gasteiger partial charge in [0.05, 0.1) is 12.5 Å². The van der Waals surface area contributed by atoms with Crippen LogP contribution in [-0.4, -0.2) is 37.0 Å². The minimum Gasteiger partial charge on any atom is -0.465 e. The Bertz CT molecular complexity index is 1040. The van der Waals surface area contributed by atoms with Gasteiger partial charge in [-0.15, -0.1) is 0 Å². The van der Waals surface area contributed by atoms with Crippen LogP contribution in [0.1, 0.15) is 46.9 Å². The number of hydrogen-bond donors (Lipinski definition) is 1. The number of ether oxygens (including phenoxy) is 1. The number of alkyl halides is 3. The molecular weight excluding hydrogens is 421 g/mol. The van der Waals surface area contributed by atoms with E-state index in [0.29, 0.717) is 6.42 Å². The van der Waals surface area contributed by atoms with Gasteiger partial charge in [0.2, 0.25) is 0 Å². The zero-order chi connectivity index (χ0) is 21.7. The molecule has 0 aromatic heterocycles. The Balaban J connectivity index is 1.50.